The van der Waals surface area contributed by atoms with E-state index in [0.29, 0.717) is 12.1 Å². The van der Waals surface area contributed by atoms with Gasteiger partial charge in [0.25, 0.3) is 0 Å². The van der Waals surface area contributed by atoms with Crippen LogP contribution in [-0.2, 0) is 19.6 Å². The number of methoxy groups -OCH3 is 1. The van der Waals surface area contributed by atoms with E-state index >= 15 is 0 Å². The van der Waals surface area contributed by atoms with Crippen molar-refractivity contribution < 1.29 is 27.9 Å². The number of hydrogen-bond donors (Lipinski definition) is 1. The Morgan fingerprint density at radius 3 is 2.73 bits per heavy atom. The summed E-state index contributed by atoms with van der Waals surface area (Å²) in [4.78, 5) is 26.5. The summed E-state index contributed by atoms with van der Waals surface area (Å²) in [7, 11) is -2.85. The Morgan fingerprint density at radius 2 is 2.14 bits per heavy atom. The summed E-state index contributed by atoms with van der Waals surface area (Å²) in [6, 6.07) is 0.0775. The predicted octanol–water partition coefficient (Wildman–Crippen LogP) is 0.414. The summed E-state index contributed by atoms with van der Waals surface area (Å²) < 4.78 is 30.7. The molecule has 2 heterocycles. The molecular formula is C13H16N2O6S. The van der Waals surface area contributed by atoms with Crippen LogP contribution in [0, 0.1) is 6.92 Å². The van der Waals surface area contributed by atoms with Gasteiger partial charge in [0.1, 0.15) is 10.9 Å². The number of rotatable bonds is 4. The third-order valence-corrected chi connectivity index (χ3v) is 5.44. The number of hydrogen-bond acceptors (Lipinski definition) is 6. The number of pyridine rings is 1. The molecule has 2 rings (SSSR count). The van der Waals surface area contributed by atoms with Gasteiger partial charge in [0, 0.05) is 12.7 Å². The minimum Gasteiger partial charge on any atom is -0.480 e. The van der Waals surface area contributed by atoms with Crippen LogP contribution in [0.4, 0.5) is 0 Å². The summed E-state index contributed by atoms with van der Waals surface area (Å²) in [5.41, 5.74) is 0.372. The van der Waals surface area contributed by atoms with Gasteiger partial charge >= 0.3 is 11.9 Å². The van der Waals surface area contributed by atoms with Crippen LogP contribution in [0.3, 0.4) is 0 Å². The first-order chi connectivity index (χ1) is 10.3. The number of aliphatic carboxylic acids is 1. The molecule has 0 amide bonds. The molecule has 9 heteroatoms. The molecule has 0 bridgehead atoms. The zero-order valence-corrected chi connectivity index (χ0v) is 13.0. The fourth-order valence-electron chi connectivity index (χ4n) is 2.38. The van der Waals surface area contributed by atoms with E-state index in [-0.39, 0.29) is 23.4 Å². The second-order valence-corrected chi connectivity index (χ2v) is 6.80. The monoisotopic (exact) mass is 328 g/mol. The largest absolute Gasteiger partial charge is 0.480 e. The Morgan fingerprint density at radius 1 is 1.45 bits per heavy atom. The predicted molar refractivity (Wildman–Crippen MR) is 74.9 cm³/mol. The number of sulfonamides is 1. The van der Waals surface area contributed by atoms with Crippen LogP contribution in [0.2, 0.25) is 0 Å². The molecule has 0 unspecified atom stereocenters. The molecule has 1 aliphatic heterocycles. The van der Waals surface area contributed by atoms with E-state index in [1.54, 1.807) is 6.92 Å². The summed E-state index contributed by atoms with van der Waals surface area (Å²) in [6.45, 7) is 1.68. The van der Waals surface area contributed by atoms with E-state index in [1.165, 1.54) is 13.2 Å². The maximum atomic E-state index is 12.6. The number of aromatic nitrogens is 1. The number of carbonyl (C=O) groups excluding carboxylic acids is 1. The molecule has 1 fully saturated rings. The number of esters is 1. The lowest BCUT2D eigenvalue weighted by Gasteiger charge is -2.21. The van der Waals surface area contributed by atoms with Crippen LogP contribution in [0.5, 0.6) is 0 Å². The van der Waals surface area contributed by atoms with Crippen molar-refractivity contribution in [2.24, 2.45) is 0 Å². The average Bonchev–Trinajstić information content (AvgIpc) is 2.97. The lowest BCUT2D eigenvalue weighted by atomic mass is 10.2. The number of carboxylic acid groups (broad SMARTS) is 1. The van der Waals surface area contributed by atoms with Gasteiger partial charge in [0.15, 0.2) is 0 Å². The van der Waals surface area contributed by atoms with Crippen LogP contribution >= 0.6 is 0 Å². The highest BCUT2D eigenvalue weighted by Crippen LogP contribution is 2.26. The van der Waals surface area contributed by atoms with Gasteiger partial charge in [-0.1, -0.05) is 0 Å². The quantitative estimate of drug-likeness (QED) is 0.796. The van der Waals surface area contributed by atoms with Crippen LogP contribution < -0.4 is 0 Å². The molecule has 1 aromatic rings. The second kappa shape index (κ2) is 6.01. The SMILES string of the molecule is COC(=O)c1cc(S(=O)(=O)N2CCC[C@H]2C(=O)O)cnc1C. The van der Waals surface area contributed by atoms with Crippen LogP contribution in [-0.4, -0.2) is 54.4 Å². The standard InChI is InChI=1S/C13H16N2O6S/c1-8-10(13(18)21-2)6-9(7-14-8)22(19,20)15-5-3-4-11(15)12(16)17/h6-7,11H,3-5H2,1-2H3,(H,16,17)/t11-/m0/s1. The Balaban J connectivity index is 2.46. The van der Waals surface area contributed by atoms with E-state index in [0.717, 1.165) is 10.5 Å². The highest BCUT2D eigenvalue weighted by atomic mass is 32.2. The van der Waals surface area contributed by atoms with Gasteiger partial charge in [0.05, 0.1) is 18.4 Å². The maximum absolute atomic E-state index is 12.6. The molecule has 0 aromatic carbocycles. The molecule has 120 valence electrons. The van der Waals surface area contributed by atoms with Crippen molar-refractivity contribution in [2.45, 2.75) is 30.7 Å². The zero-order valence-electron chi connectivity index (χ0n) is 12.1. The van der Waals surface area contributed by atoms with Crippen molar-refractivity contribution >= 4 is 22.0 Å². The number of carbonyl (C=O) groups is 2. The second-order valence-electron chi connectivity index (χ2n) is 4.91. The summed E-state index contributed by atoms with van der Waals surface area (Å²) in [5, 5.41) is 9.12. The molecule has 0 saturated carbocycles. The zero-order chi connectivity index (χ0) is 16.5. The molecule has 1 N–H and O–H groups in total. The van der Waals surface area contributed by atoms with Crippen molar-refractivity contribution in [3.8, 4) is 0 Å². The smallest absolute Gasteiger partial charge is 0.339 e. The van der Waals surface area contributed by atoms with Gasteiger partial charge in [-0.2, -0.15) is 4.31 Å². The van der Waals surface area contributed by atoms with Gasteiger partial charge < -0.3 is 9.84 Å². The lowest BCUT2D eigenvalue weighted by molar-refractivity contribution is -0.140. The Hall–Kier alpha value is -2.00. The normalized spacial score (nSPS) is 19.1. The molecule has 8 nitrogen and oxygen atoms in total. The fraction of sp³-hybridized carbons (Fsp3) is 0.462. The average molecular weight is 328 g/mol. The Kier molecular flexibility index (Phi) is 4.47. The maximum Gasteiger partial charge on any atom is 0.339 e. The first-order valence-corrected chi connectivity index (χ1v) is 8.02. The molecular weight excluding hydrogens is 312 g/mol. The van der Waals surface area contributed by atoms with Crippen molar-refractivity contribution in [2.75, 3.05) is 13.7 Å². The van der Waals surface area contributed by atoms with Crippen molar-refractivity contribution in [1.82, 2.24) is 9.29 Å². The van der Waals surface area contributed by atoms with Gasteiger partial charge in [-0.3, -0.25) is 9.78 Å². The van der Waals surface area contributed by atoms with Crippen molar-refractivity contribution in [1.29, 1.82) is 0 Å². The molecule has 0 aliphatic carbocycles. The minimum absolute atomic E-state index is 0.0367. The molecule has 0 radical (unpaired) electrons. The topological polar surface area (TPSA) is 114 Å². The van der Waals surface area contributed by atoms with Crippen LogP contribution in [0.15, 0.2) is 17.2 Å². The molecule has 1 aliphatic rings. The van der Waals surface area contributed by atoms with Gasteiger partial charge in [-0.25, -0.2) is 13.2 Å². The molecule has 1 saturated heterocycles. The van der Waals surface area contributed by atoms with Crippen LogP contribution in [0.1, 0.15) is 28.9 Å². The van der Waals surface area contributed by atoms with Gasteiger partial charge in [-0.05, 0) is 25.8 Å². The third-order valence-electron chi connectivity index (χ3n) is 3.56. The molecule has 22 heavy (non-hydrogen) atoms. The molecule has 0 spiro atoms. The first kappa shape index (κ1) is 16.4. The number of ether oxygens (including phenoxy) is 1. The third kappa shape index (κ3) is 2.81. The summed E-state index contributed by atoms with van der Waals surface area (Å²) in [6.07, 6.45) is 1.85. The highest BCUT2D eigenvalue weighted by Gasteiger charge is 2.39. The summed E-state index contributed by atoms with van der Waals surface area (Å²) >= 11 is 0. The van der Waals surface area contributed by atoms with Crippen molar-refractivity contribution in [3.63, 3.8) is 0 Å². The van der Waals surface area contributed by atoms with E-state index in [2.05, 4.69) is 9.72 Å². The van der Waals surface area contributed by atoms with Gasteiger partial charge in [0.2, 0.25) is 10.0 Å². The first-order valence-electron chi connectivity index (χ1n) is 6.58. The lowest BCUT2D eigenvalue weighted by Crippen LogP contribution is -2.40. The number of carboxylic acids is 1. The minimum atomic E-state index is -4.03. The van der Waals surface area contributed by atoms with E-state index < -0.39 is 28.0 Å². The Labute approximate surface area is 127 Å². The van der Waals surface area contributed by atoms with E-state index in [9.17, 15) is 18.0 Å². The van der Waals surface area contributed by atoms with Crippen LogP contribution in [0.25, 0.3) is 0 Å². The van der Waals surface area contributed by atoms with E-state index in [4.69, 9.17) is 5.11 Å². The van der Waals surface area contributed by atoms with Crippen molar-refractivity contribution in [3.05, 3.63) is 23.5 Å². The Bertz CT molecular complexity index is 715. The van der Waals surface area contributed by atoms with Gasteiger partial charge in [-0.15, -0.1) is 0 Å². The molecule has 1 aromatic heterocycles. The highest BCUT2D eigenvalue weighted by molar-refractivity contribution is 7.89. The number of aryl methyl sites for hydroxylation is 1. The fourth-order valence-corrected chi connectivity index (χ4v) is 4.01. The number of nitrogens with zero attached hydrogens (tertiary/aromatic N) is 2. The summed E-state index contributed by atoms with van der Waals surface area (Å²) in [5.74, 6) is -1.88. The van der Waals surface area contributed by atoms with E-state index in [1.807, 2.05) is 0 Å². The molecule has 1 atom stereocenters.